The topological polar surface area (TPSA) is 78.5 Å². The van der Waals surface area contributed by atoms with Gasteiger partial charge in [0.15, 0.2) is 0 Å². The van der Waals surface area contributed by atoms with Crippen molar-refractivity contribution in [2.24, 2.45) is 5.92 Å². The zero-order valence-electron chi connectivity index (χ0n) is 13.8. The van der Waals surface area contributed by atoms with Crippen LogP contribution >= 0.6 is 23.2 Å². The van der Waals surface area contributed by atoms with Crippen molar-refractivity contribution in [1.82, 2.24) is 10.2 Å². The Morgan fingerprint density at radius 1 is 1.32 bits per heavy atom. The van der Waals surface area contributed by atoms with E-state index in [2.05, 4.69) is 10.6 Å². The highest BCUT2D eigenvalue weighted by Gasteiger charge is 2.55. The van der Waals surface area contributed by atoms with Crippen molar-refractivity contribution < 1.29 is 14.4 Å². The molecule has 1 spiro atoms. The molecule has 0 aromatic heterocycles. The van der Waals surface area contributed by atoms with Crippen LogP contribution in [0.25, 0.3) is 0 Å². The minimum atomic E-state index is -0.862. The molecule has 2 aliphatic rings. The number of hydrogen-bond acceptors (Lipinski definition) is 3. The fraction of sp³-hybridized carbons (Fsp3) is 0.471. The third kappa shape index (κ3) is 3.33. The molecule has 1 aromatic rings. The second kappa shape index (κ2) is 6.84. The minimum absolute atomic E-state index is 0.0563. The number of carbonyl (C=O) groups excluding carboxylic acids is 3. The summed E-state index contributed by atoms with van der Waals surface area (Å²) in [5.74, 6) is -0.725. The number of anilines is 1. The van der Waals surface area contributed by atoms with Gasteiger partial charge in [-0.25, -0.2) is 4.79 Å². The van der Waals surface area contributed by atoms with E-state index in [1.165, 1.54) is 6.07 Å². The number of benzene rings is 1. The fourth-order valence-corrected chi connectivity index (χ4v) is 3.86. The van der Waals surface area contributed by atoms with E-state index in [0.717, 1.165) is 24.2 Å². The lowest BCUT2D eigenvalue weighted by Crippen LogP contribution is -2.54. The summed E-state index contributed by atoms with van der Waals surface area (Å²) < 4.78 is 0. The molecule has 0 radical (unpaired) electrons. The van der Waals surface area contributed by atoms with Gasteiger partial charge in [0.1, 0.15) is 12.1 Å². The van der Waals surface area contributed by atoms with Crippen LogP contribution in [0.4, 0.5) is 10.5 Å². The molecule has 2 unspecified atom stereocenters. The van der Waals surface area contributed by atoms with E-state index >= 15 is 0 Å². The largest absolute Gasteiger partial charge is 0.325 e. The molecule has 1 aromatic carbocycles. The van der Waals surface area contributed by atoms with Crippen LogP contribution in [-0.2, 0) is 9.59 Å². The van der Waals surface area contributed by atoms with Gasteiger partial charge in [0, 0.05) is 5.69 Å². The number of nitrogens with zero attached hydrogens (tertiary/aromatic N) is 1. The van der Waals surface area contributed by atoms with E-state index in [9.17, 15) is 14.4 Å². The summed E-state index contributed by atoms with van der Waals surface area (Å²) in [6, 6.07) is 4.16. The molecule has 1 heterocycles. The molecular weight excluding hydrogens is 365 g/mol. The lowest BCUT2D eigenvalue weighted by molar-refractivity contribution is -0.136. The Labute approximate surface area is 155 Å². The van der Waals surface area contributed by atoms with Crippen LogP contribution in [0.5, 0.6) is 0 Å². The summed E-state index contributed by atoms with van der Waals surface area (Å²) in [6.07, 6.45) is 3.43. The van der Waals surface area contributed by atoms with E-state index in [1.54, 1.807) is 12.1 Å². The highest BCUT2D eigenvalue weighted by atomic mass is 35.5. The maximum atomic E-state index is 12.8. The molecule has 8 heteroatoms. The van der Waals surface area contributed by atoms with Gasteiger partial charge in [-0.2, -0.15) is 0 Å². The third-order valence-corrected chi connectivity index (χ3v) is 5.75. The number of hydrogen-bond donors (Lipinski definition) is 2. The quantitative estimate of drug-likeness (QED) is 0.784. The zero-order valence-corrected chi connectivity index (χ0v) is 15.3. The first-order chi connectivity index (χ1) is 11.8. The Morgan fingerprint density at radius 2 is 2.08 bits per heavy atom. The monoisotopic (exact) mass is 383 g/mol. The first-order valence-electron chi connectivity index (χ1n) is 8.22. The number of halogens is 2. The lowest BCUT2D eigenvalue weighted by atomic mass is 9.73. The highest BCUT2D eigenvalue weighted by Crippen LogP contribution is 2.38. The maximum absolute atomic E-state index is 12.8. The molecule has 4 amide bonds. The van der Waals surface area contributed by atoms with E-state index < -0.39 is 17.5 Å². The van der Waals surface area contributed by atoms with Crippen LogP contribution in [0.2, 0.25) is 10.0 Å². The number of imide groups is 1. The highest BCUT2D eigenvalue weighted by molar-refractivity contribution is 6.42. The molecule has 134 valence electrons. The second-order valence-corrected chi connectivity index (χ2v) is 7.43. The number of rotatable bonds is 3. The molecule has 1 aliphatic heterocycles. The van der Waals surface area contributed by atoms with Gasteiger partial charge in [0.25, 0.3) is 5.91 Å². The molecule has 1 saturated heterocycles. The van der Waals surface area contributed by atoms with Gasteiger partial charge in [-0.3, -0.25) is 14.5 Å². The number of urea groups is 1. The Morgan fingerprint density at radius 3 is 2.76 bits per heavy atom. The van der Waals surface area contributed by atoms with Gasteiger partial charge in [-0.15, -0.1) is 0 Å². The van der Waals surface area contributed by atoms with Crippen molar-refractivity contribution in [1.29, 1.82) is 0 Å². The number of amides is 4. The average molecular weight is 384 g/mol. The SMILES string of the molecule is CC1CCCCC12NC(=O)N(CC(=O)Nc1ccc(Cl)c(Cl)c1)C2=O. The van der Waals surface area contributed by atoms with E-state index in [1.807, 2.05) is 6.92 Å². The molecule has 2 atom stereocenters. The van der Waals surface area contributed by atoms with Crippen LogP contribution in [0.15, 0.2) is 18.2 Å². The summed E-state index contributed by atoms with van der Waals surface area (Å²) >= 11 is 11.8. The van der Waals surface area contributed by atoms with Crippen molar-refractivity contribution >= 4 is 46.7 Å². The summed E-state index contributed by atoms with van der Waals surface area (Å²) in [5, 5.41) is 6.13. The van der Waals surface area contributed by atoms with E-state index in [4.69, 9.17) is 23.2 Å². The molecule has 1 aliphatic carbocycles. The lowest BCUT2D eigenvalue weighted by Gasteiger charge is -2.36. The Bertz CT molecular complexity index is 740. The average Bonchev–Trinajstić information content (AvgIpc) is 2.79. The van der Waals surface area contributed by atoms with Gasteiger partial charge in [-0.1, -0.05) is 43.0 Å². The third-order valence-electron chi connectivity index (χ3n) is 5.01. The van der Waals surface area contributed by atoms with Crippen LogP contribution in [-0.4, -0.2) is 34.8 Å². The van der Waals surface area contributed by atoms with Gasteiger partial charge in [-0.05, 0) is 37.0 Å². The van der Waals surface area contributed by atoms with Crippen molar-refractivity contribution in [2.45, 2.75) is 38.1 Å². The van der Waals surface area contributed by atoms with Crippen molar-refractivity contribution in [3.05, 3.63) is 28.2 Å². The van der Waals surface area contributed by atoms with Gasteiger partial charge in [0.05, 0.1) is 10.0 Å². The molecule has 2 N–H and O–H groups in total. The second-order valence-electron chi connectivity index (χ2n) is 6.62. The predicted octanol–water partition coefficient (Wildman–Crippen LogP) is 3.43. The molecule has 1 saturated carbocycles. The first-order valence-corrected chi connectivity index (χ1v) is 8.98. The molecule has 6 nitrogen and oxygen atoms in total. The normalized spacial score (nSPS) is 26.0. The van der Waals surface area contributed by atoms with Crippen molar-refractivity contribution in [3.63, 3.8) is 0 Å². The minimum Gasteiger partial charge on any atom is -0.324 e. The first kappa shape index (κ1) is 18.0. The molecular formula is C17H19Cl2N3O3. The van der Waals surface area contributed by atoms with Crippen LogP contribution in [0, 0.1) is 5.92 Å². The van der Waals surface area contributed by atoms with E-state index in [-0.39, 0.29) is 18.4 Å². The fourth-order valence-electron chi connectivity index (χ4n) is 3.56. The summed E-state index contributed by atoms with van der Waals surface area (Å²) in [7, 11) is 0. The van der Waals surface area contributed by atoms with Gasteiger partial charge < -0.3 is 10.6 Å². The van der Waals surface area contributed by atoms with Crippen LogP contribution < -0.4 is 10.6 Å². The smallest absolute Gasteiger partial charge is 0.324 e. The van der Waals surface area contributed by atoms with Gasteiger partial charge >= 0.3 is 6.03 Å². The molecule has 3 rings (SSSR count). The van der Waals surface area contributed by atoms with Crippen LogP contribution in [0.1, 0.15) is 32.6 Å². The van der Waals surface area contributed by atoms with Gasteiger partial charge in [0.2, 0.25) is 5.91 Å². The summed E-state index contributed by atoms with van der Waals surface area (Å²) in [5.41, 5.74) is -0.411. The molecule has 0 bridgehead atoms. The maximum Gasteiger partial charge on any atom is 0.325 e. The Balaban J connectivity index is 1.69. The standard InChI is InChI=1S/C17H19Cl2N3O3/c1-10-4-2-3-7-17(10)15(24)22(16(25)21-17)9-14(23)20-11-5-6-12(18)13(19)8-11/h5-6,8,10H,2-4,7,9H2,1H3,(H,20,23)(H,21,25). The molecule has 25 heavy (non-hydrogen) atoms. The van der Waals surface area contributed by atoms with Crippen molar-refractivity contribution in [3.8, 4) is 0 Å². The van der Waals surface area contributed by atoms with E-state index in [0.29, 0.717) is 22.2 Å². The summed E-state index contributed by atoms with van der Waals surface area (Å²) in [6.45, 7) is 1.63. The predicted molar refractivity (Wildman–Crippen MR) is 95.7 cm³/mol. The van der Waals surface area contributed by atoms with Crippen LogP contribution in [0.3, 0.4) is 0 Å². The Hall–Kier alpha value is -1.79. The molecule has 2 fully saturated rings. The van der Waals surface area contributed by atoms with Crippen molar-refractivity contribution in [2.75, 3.05) is 11.9 Å². The Kier molecular flexibility index (Phi) is 4.93. The number of carbonyl (C=O) groups is 3. The number of nitrogens with one attached hydrogen (secondary N) is 2. The zero-order chi connectivity index (χ0) is 18.2. The summed E-state index contributed by atoms with van der Waals surface area (Å²) in [4.78, 5) is 38.3.